The smallest absolute Gasteiger partial charge is 0.312 e. The molecule has 1 aromatic carbocycles. The van der Waals surface area contributed by atoms with E-state index in [0.29, 0.717) is 10.8 Å². The van der Waals surface area contributed by atoms with Crippen LogP contribution < -0.4 is 10.5 Å². The van der Waals surface area contributed by atoms with Gasteiger partial charge in [-0.05, 0) is 12.1 Å². The van der Waals surface area contributed by atoms with Crippen LogP contribution in [0.15, 0.2) is 24.3 Å². The average Bonchev–Trinajstić information content (AvgIpc) is 2.09. The van der Waals surface area contributed by atoms with Crippen molar-refractivity contribution in [2.24, 2.45) is 5.73 Å². The highest BCUT2D eigenvalue weighted by Gasteiger charge is 2.05. The van der Waals surface area contributed by atoms with Gasteiger partial charge in [0.15, 0.2) is 0 Å². The van der Waals surface area contributed by atoms with Crippen molar-refractivity contribution >= 4 is 17.6 Å². The van der Waals surface area contributed by atoms with E-state index in [4.69, 9.17) is 22.1 Å². The third-order valence-electron chi connectivity index (χ3n) is 1.41. The highest BCUT2D eigenvalue weighted by atomic mass is 35.5. The summed E-state index contributed by atoms with van der Waals surface area (Å²) in [5.41, 5.74) is 5.19. The molecule has 2 N–H and O–H groups in total. The summed E-state index contributed by atoms with van der Waals surface area (Å²) < 4.78 is 4.93. The largest absolute Gasteiger partial charge is 0.425 e. The second-order valence-electron chi connectivity index (χ2n) is 2.44. The van der Waals surface area contributed by atoms with Crippen molar-refractivity contribution in [2.75, 3.05) is 6.54 Å². The van der Waals surface area contributed by atoms with E-state index in [1.807, 2.05) is 0 Å². The summed E-state index contributed by atoms with van der Waals surface area (Å²) in [6.07, 6.45) is 0.200. The molecule has 0 heterocycles. The molecule has 0 saturated heterocycles. The molecule has 0 radical (unpaired) electrons. The van der Waals surface area contributed by atoms with Gasteiger partial charge < -0.3 is 10.5 Å². The first-order valence-electron chi connectivity index (χ1n) is 3.89. The molecule has 0 amide bonds. The Morgan fingerprint density at radius 3 is 2.77 bits per heavy atom. The van der Waals surface area contributed by atoms with Crippen molar-refractivity contribution in [3.8, 4) is 5.75 Å². The van der Waals surface area contributed by atoms with Gasteiger partial charge in [-0.2, -0.15) is 0 Å². The van der Waals surface area contributed by atoms with Crippen molar-refractivity contribution in [2.45, 2.75) is 6.42 Å². The number of carbonyl (C=O) groups excluding carboxylic acids is 1. The van der Waals surface area contributed by atoms with Gasteiger partial charge in [-0.15, -0.1) is 0 Å². The molecule has 13 heavy (non-hydrogen) atoms. The summed E-state index contributed by atoms with van der Waals surface area (Å²) >= 11 is 5.76. The van der Waals surface area contributed by atoms with Crippen LogP contribution >= 0.6 is 11.6 Å². The predicted molar refractivity (Wildman–Crippen MR) is 50.8 cm³/mol. The molecule has 0 atom stereocenters. The number of hydrogen-bond acceptors (Lipinski definition) is 3. The van der Waals surface area contributed by atoms with Crippen LogP contribution in [0.3, 0.4) is 0 Å². The van der Waals surface area contributed by atoms with Crippen LogP contribution in [0.25, 0.3) is 0 Å². The number of ether oxygens (including phenoxy) is 1. The van der Waals surface area contributed by atoms with Crippen molar-refractivity contribution < 1.29 is 9.53 Å². The van der Waals surface area contributed by atoms with Crippen LogP contribution in [0.4, 0.5) is 0 Å². The number of esters is 1. The molecule has 0 aliphatic heterocycles. The maximum absolute atomic E-state index is 11.0. The second-order valence-corrected chi connectivity index (χ2v) is 2.85. The maximum Gasteiger partial charge on any atom is 0.312 e. The number of carbonyl (C=O) groups is 1. The van der Waals surface area contributed by atoms with Crippen molar-refractivity contribution in [1.29, 1.82) is 0 Å². The quantitative estimate of drug-likeness (QED) is 0.594. The average molecular weight is 200 g/mol. The number of hydrogen-bond donors (Lipinski definition) is 1. The van der Waals surface area contributed by atoms with Crippen LogP contribution in [0, 0.1) is 0 Å². The van der Waals surface area contributed by atoms with Gasteiger partial charge in [0.2, 0.25) is 0 Å². The van der Waals surface area contributed by atoms with Gasteiger partial charge in [0.1, 0.15) is 5.75 Å². The molecule has 0 aliphatic carbocycles. The topological polar surface area (TPSA) is 52.3 Å². The first-order chi connectivity index (χ1) is 6.24. The van der Waals surface area contributed by atoms with E-state index in [9.17, 15) is 4.79 Å². The van der Waals surface area contributed by atoms with E-state index in [-0.39, 0.29) is 18.9 Å². The van der Waals surface area contributed by atoms with Crippen molar-refractivity contribution in [3.63, 3.8) is 0 Å². The maximum atomic E-state index is 11.0. The summed E-state index contributed by atoms with van der Waals surface area (Å²) in [5, 5.41) is 0.424. The molecule has 1 rings (SSSR count). The SMILES string of the molecule is NCCC(=O)Oc1ccccc1Cl. The fourth-order valence-electron chi connectivity index (χ4n) is 0.819. The van der Waals surface area contributed by atoms with Gasteiger partial charge in [0.05, 0.1) is 11.4 Å². The third kappa shape index (κ3) is 3.05. The van der Waals surface area contributed by atoms with Gasteiger partial charge in [-0.1, -0.05) is 23.7 Å². The van der Waals surface area contributed by atoms with Gasteiger partial charge in [-0.3, -0.25) is 4.79 Å². The van der Waals surface area contributed by atoms with Gasteiger partial charge in [0, 0.05) is 6.54 Å². The minimum atomic E-state index is -0.365. The summed E-state index contributed by atoms with van der Waals surface area (Å²) in [4.78, 5) is 11.0. The second kappa shape index (κ2) is 4.84. The Balaban J connectivity index is 2.63. The third-order valence-corrected chi connectivity index (χ3v) is 1.72. The first-order valence-corrected chi connectivity index (χ1v) is 4.27. The van der Waals surface area contributed by atoms with E-state index in [1.54, 1.807) is 24.3 Å². The van der Waals surface area contributed by atoms with Crippen LogP contribution in [0.1, 0.15) is 6.42 Å². The molecule has 0 unspecified atom stereocenters. The summed E-state index contributed by atoms with van der Waals surface area (Å²) in [7, 11) is 0. The van der Waals surface area contributed by atoms with Crippen molar-refractivity contribution in [1.82, 2.24) is 0 Å². The molecule has 0 saturated carbocycles. The first kappa shape index (κ1) is 10.0. The zero-order chi connectivity index (χ0) is 9.68. The Morgan fingerprint density at radius 2 is 2.15 bits per heavy atom. The van der Waals surface area contributed by atoms with Crippen LogP contribution in [0.2, 0.25) is 5.02 Å². The van der Waals surface area contributed by atoms with E-state index in [0.717, 1.165) is 0 Å². The molecule has 0 spiro atoms. The molecule has 0 aromatic heterocycles. The van der Waals surface area contributed by atoms with E-state index >= 15 is 0 Å². The normalized spacial score (nSPS) is 9.69. The highest BCUT2D eigenvalue weighted by molar-refractivity contribution is 6.32. The zero-order valence-electron chi connectivity index (χ0n) is 7.00. The minimum Gasteiger partial charge on any atom is -0.425 e. The van der Waals surface area contributed by atoms with Crippen LogP contribution in [0.5, 0.6) is 5.75 Å². The Bertz CT molecular complexity index is 301. The molecule has 0 aliphatic rings. The van der Waals surface area contributed by atoms with E-state index in [1.165, 1.54) is 0 Å². The fraction of sp³-hybridized carbons (Fsp3) is 0.222. The Kier molecular flexibility index (Phi) is 3.73. The number of halogens is 1. The molecule has 3 nitrogen and oxygen atoms in total. The lowest BCUT2D eigenvalue weighted by Gasteiger charge is -2.04. The lowest BCUT2D eigenvalue weighted by molar-refractivity contribution is -0.134. The minimum absolute atomic E-state index is 0.200. The number of rotatable bonds is 3. The van der Waals surface area contributed by atoms with E-state index < -0.39 is 0 Å². The predicted octanol–water partition coefficient (Wildman–Crippen LogP) is 1.59. The van der Waals surface area contributed by atoms with Gasteiger partial charge in [-0.25, -0.2) is 0 Å². The standard InChI is InChI=1S/C9H10ClNO2/c10-7-3-1-2-4-8(7)13-9(12)5-6-11/h1-4H,5-6,11H2. The van der Waals surface area contributed by atoms with Crippen LogP contribution in [-0.2, 0) is 4.79 Å². The molecule has 1 aromatic rings. The summed E-state index contributed by atoms with van der Waals surface area (Å²) in [6, 6.07) is 6.81. The zero-order valence-corrected chi connectivity index (χ0v) is 7.75. The number of nitrogens with two attached hydrogens (primary N) is 1. The Morgan fingerprint density at radius 1 is 1.46 bits per heavy atom. The molecule has 0 bridgehead atoms. The highest BCUT2D eigenvalue weighted by Crippen LogP contribution is 2.23. The summed E-state index contributed by atoms with van der Waals surface area (Å²) in [5.74, 6) is 0.0122. The van der Waals surface area contributed by atoms with Crippen molar-refractivity contribution in [3.05, 3.63) is 29.3 Å². The molecule has 0 fully saturated rings. The number of benzene rings is 1. The molecular weight excluding hydrogens is 190 g/mol. The Hall–Kier alpha value is -1.06. The fourth-order valence-corrected chi connectivity index (χ4v) is 0.993. The van der Waals surface area contributed by atoms with Gasteiger partial charge in [0.25, 0.3) is 0 Å². The summed E-state index contributed by atoms with van der Waals surface area (Å²) in [6.45, 7) is 0.281. The molecule has 4 heteroatoms. The van der Waals surface area contributed by atoms with Crippen LogP contribution in [-0.4, -0.2) is 12.5 Å². The Labute approximate surface area is 81.4 Å². The number of para-hydroxylation sites is 1. The van der Waals surface area contributed by atoms with Gasteiger partial charge >= 0.3 is 5.97 Å². The van der Waals surface area contributed by atoms with E-state index in [2.05, 4.69) is 0 Å². The molecule has 70 valence electrons. The molecular formula is C9H10ClNO2. The lowest BCUT2D eigenvalue weighted by Crippen LogP contribution is -2.13. The monoisotopic (exact) mass is 199 g/mol. The lowest BCUT2D eigenvalue weighted by atomic mass is 10.3.